The molecule has 0 saturated carbocycles. The van der Waals surface area contributed by atoms with Crippen LogP contribution in [0.1, 0.15) is 18.9 Å². The Morgan fingerprint density at radius 3 is 2.62 bits per heavy atom. The molecule has 0 bridgehead atoms. The highest BCUT2D eigenvalue weighted by Gasteiger charge is 2.15. The number of aryl methyl sites for hydroxylation is 1. The zero-order chi connectivity index (χ0) is 17.7. The monoisotopic (exact) mass is 367 g/mol. The Labute approximate surface area is 146 Å². The highest BCUT2D eigenvalue weighted by atomic mass is 35.5. The molecule has 2 rings (SSSR count). The number of phenolic OH excluding ortho intramolecular Hbond substituents is 1. The molecule has 24 heavy (non-hydrogen) atoms. The summed E-state index contributed by atoms with van der Waals surface area (Å²) in [5.74, 6) is -0.558. The van der Waals surface area contributed by atoms with Crippen molar-refractivity contribution in [3.8, 4) is 5.75 Å². The van der Waals surface area contributed by atoms with Crippen LogP contribution < -0.4 is 5.32 Å². The Hall–Kier alpha value is -2.05. The van der Waals surface area contributed by atoms with Gasteiger partial charge in [-0.3, -0.25) is 4.79 Å². The number of hydrogen-bond donors (Lipinski definition) is 2. The third-order valence-electron chi connectivity index (χ3n) is 3.51. The molecular weight excluding hydrogens is 350 g/mol. The number of benzene rings is 2. The number of anilines is 1. The summed E-state index contributed by atoms with van der Waals surface area (Å²) in [7, 11) is -3.41. The molecule has 0 fully saturated rings. The van der Waals surface area contributed by atoms with Crippen molar-refractivity contribution in [1.82, 2.24) is 0 Å². The maximum atomic E-state index is 12.0. The van der Waals surface area contributed by atoms with Crippen molar-refractivity contribution in [2.45, 2.75) is 24.7 Å². The summed E-state index contributed by atoms with van der Waals surface area (Å²) in [6.45, 7) is 1.53. The number of phenols is 1. The summed E-state index contributed by atoms with van der Waals surface area (Å²) < 4.78 is 23.8. The number of carbonyl (C=O) groups excluding carboxylic acids is 1. The van der Waals surface area contributed by atoms with Gasteiger partial charge in [0.25, 0.3) is 0 Å². The summed E-state index contributed by atoms with van der Waals surface area (Å²) in [4.78, 5) is 12.1. The highest BCUT2D eigenvalue weighted by molar-refractivity contribution is 7.91. The quantitative estimate of drug-likeness (QED) is 0.766. The van der Waals surface area contributed by atoms with E-state index in [4.69, 9.17) is 11.6 Å². The van der Waals surface area contributed by atoms with E-state index in [0.29, 0.717) is 11.4 Å². The second-order valence-electron chi connectivity index (χ2n) is 5.26. The van der Waals surface area contributed by atoms with Gasteiger partial charge in [-0.2, -0.15) is 0 Å². The maximum Gasteiger partial charge on any atom is 0.224 e. The molecule has 0 spiro atoms. The Kier molecular flexibility index (Phi) is 5.85. The number of rotatable bonds is 6. The van der Waals surface area contributed by atoms with E-state index in [0.717, 1.165) is 5.56 Å². The fourth-order valence-corrected chi connectivity index (χ4v) is 3.26. The van der Waals surface area contributed by atoms with Gasteiger partial charge in [0.2, 0.25) is 5.91 Å². The average molecular weight is 368 g/mol. The number of nitrogens with one attached hydrogen (secondary N) is 1. The lowest BCUT2D eigenvalue weighted by atomic mass is 10.1. The predicted molar refractivity (Wildman–Crippen MR) is 94.2 cm³/mol. The smallest absolute Gasteiger partial charge is 0.224 e. The van der Waals surface area contributed by atoms with Crippen LogP contribution in [-0.4, -0.2) is 25.2 Å². The molecule has 0 unspecified atom stereocenters. The highest BCUT2D eigenvalue weighted by Crippen LogP contribution is 2.27. The van der Waals surface area contributed by atoms with Crippen molar-refractivity contribution in [2.24, 2.45) is 0 Å². The number of sulfone groups is 1. The zero-order valence-corrected chi connectivity index (χ0v) is 14.7. The van der Waals surface area contributed by atoms with E-state index in [-0.39, 0.29) is 34.4 Å². The lowest BCUT2D eigenvalue weighted by Gasteiger charge is -2.10. The third-order valence-corrected chi connectivity index (χ3v) is 5.48. The number of carbonyl (C=O) groups is 1. The summed E-state index contributed by atoms with van der Waals surface area (Å²) in [5, 5.41) is 13.0. The summed E-state index contributed by atoms with van der Waals surface area (Å²) >= 11 is 5.89. The van der Waals surface area contributed by atoms with Gasteiger partial charge in [0.1, 0.15) is 5.75 Å². The summed E-state index contributed by atoms with van der Waals surface area (Å²) in [5.41, 5.74) is 1.00. The first-order valence-electron chi connectivity index (χ1n) is 7.42. The van der Waals surface area contributed by atoms with E-state index in [1.165, 1.54) is 25.1 Å². The van der Waals surface area contributed by atoms with Crippen molar-refractivity contribution in [3.63, 3.8) is 0 Å². The minimum atomic E-state index is -3.41. The Morgan fingerprint density at radius 1 is 1.21 bits per heavy atom. The predicted octanol–water partition coefficient (Wildman–Crippen LogP) is 3.41. The second-order valence-corrected chi connectivity index (χ2v) is 7.98. The Balaban J connectivity index is 2.07. The van der Waals surface area contributed by atoms with Gasteiger partial charge in [-0.25, -0.2) is 8.42 Å². The second kappa shape index (κ2) is 7.68. The fraction of sp³-hybridized carbons (Fsp3) is 0.235. The van der Waals surface area contributed by atoms with Gasteiger partial charge in [-0.1, -0.05) is 30.7 Å². The summed E-state index contributed by atoms with van der Waals surface area (Å²) in [6.07, 6.45) is 0.671. The van der Waals surface area contributed by atoms with E-state index in [9.17, 15) is 18.3 Å². The number of aromatic hydroxyl groups is 1. The number of amides is 1. The standard InChI is InChI=1S/C17H18ClNO4S/c1-2-24(22,23)14-7-8-16(20)15(11-14)19-17(21)9-6-12-4-3-5-13(18)10-12/h3-5,7-8,10-11,20H,2,6,9H2,1H3,(H,19,21). The van der Waals surface area contributed by atoms with Crippen LogP contribution >= 0.6 is 11.6 Å². The lowest BCUT2D eigenvalue weighted by Crippen LogP contribution is -2.13. The molecule has 0 aliphatic rings. The average Bonchev–Trinajstić information content (AvgIpc) is 2.55. The first-order valence-corrected chi connectivity index (χ1v) is 9.45. The zero-order valence-electron chi connectivity index (χ0n) is 13.1. The lowest BCUT2D eigenvalue weighted by molar-refractivity contribution is -0.116. The van der Waals surface area contributed by atoms with Crippen molar-refractivity contribution >= 4 is 33.0 Å². The van der Waals surface area contributed by atoms with Gasteiger partial charge in [0, 0.05) is 11.4 Å². The van der Waals surface area contributed by atoms with Crippen LogP contribution in [-0.2, 0) is 21.1 Å². The Bertz CT molecular complexity index is 849. The van der Waals surface area contributed by atoms with Crippen LogP contribution in [0.4, 0.5) is 5.69 Å². The van der Waals surface area contributed by atoms with Crippen molar-refractivity contribution in [3.05, 3.63) is 53.1 Å². The first-order chi connectivity index (χ1) is 11.3. The third kappa shape index (κ3) is 4.72. The SMILES string of the molecule is CCS(=O)(=O)c1ccc(O)c(NC(=O)CCc2cccc(Cl)c2)c1. The van der Waals surface area contributed by atoms with Crippen molar-refractivity contribution < 1.29 is 18.3 Å². The number of hydrogen-bond acceptors (Lipinski definition) is 4. The van der Waals surface area contributed by atoms with Gasteiger partial charge in [0.15, 0.2) is 9.84 Å². The normalized spacial score (nSPS) is 11.2. The van der Waals surface area contributed by atoms with Gasteiger partial charge < -0.3 is 10.4 Å². The van der Waals surface area contributed by atoms with Crippen LogP contribution in [0.2, 0.25) is 5.02 Å². The van der Waals surface area contributed by atoms with Crippen molar-refractivity contribution in [2.75, 3.05) is 11.1 Å². The molecule has 0 saturated heterocycles. The molecule has 2 aromatic carbocycles. The van der Waals surface area contributed by atoms with E-state index in [1.807, 2.05) is 6.07 Å². The molecule has 0 aliphatic heterocycles. The fourth-order valence-electron chi connectivity index (χ4n) is 2.14. The maximum absolute atomic E-state index is 12.0. The molecule has 128 valence electrons. The van der Waals surface area contributed by atoms with E-state index in [1.54, 1.807) is 18.2 Å². The molecule has 0 aromatic heterocycles. The molecule has 2 aromatic rings. The van der Waals surface area contributed by atoms with E-state index < -0.39 is 9.84 Å². The molecule has 0 atom stereocenters. The molecule has 7 heteroatoms. The first kappa shape index (κ1) is 18.3. The van der Waals surface area contributed by atoms with E-state index in [2.05, 4.69) is 5.32 Å². The van der Waals surface area contributed by atoms with E-state index >= 15 is 0 Å². The van der Waals surface area contributed by atoms with Gasteiger partial charge >= 0.3 is 0 Å². The van der Waals surface area contributed by atoms with Gasteiger partial charge in [-0.05, 0) is 42.3 Å². The van der Waals surface area contributed by atoms with Crippen LogP contribution in [0.5, 0.6) is 5.75 Å². The Morgan fingerprint density at radius 2 is 1.96 bits per heavy atom. The molecule has 0 radical (unpaired) electrons. The molecular formula is C17H18ClNO4S. The topological polar surface area (TPSA) is 83.5 Å². The minimum absolute atomic E-state index is 0.0556. The molecule has 2 N–H and O–H groups in total. The number of halogens is 1. The van der Waals surface area contributed by atoms with Crippen molar-refractivity contribution in [1.29, 1.82) is 0 Å². The van der Waals surface area contributed by atoms with Crippen LogP contribution in [0, 0.1) is 0 Å². The minimum Gasteiger partial charge on any atom is -0.506 e. The molecule has 1 amide bonds. The van der Waals surface area contributed by atoms with Crippen LogP contribution in [0.15, 0.2) is 47.4 Å². The largest absolute Gasteiger partial charge is 0.506 e. The van der Waals surface area contributed by atoms with Gasteiger partial charge in [-0.15, -0.1) is 0 Å². The van der Waals surface area contributed by atoms with Gasteiger partial charge in [0.05, 0.1) is 16.3 Å². The van der Waals surface area contributed by atoms with Crippen LogP contribution in [0.3, 0.4) is 0 Å². The molecule has 0 heterocycles. The van der Waals surface area contributed by atoms with Crippen LogP contribution in [0.25, 0.3) is 0 Å². The molecule has 5 nitrogen and oxygen atoms in total. The summed E-state index contributed by atoms with van der Waals surface area (Å²) in [6, 6.07) is 11.0. The molecule has 0 aliphatic carbocycles.